The van der Waals surface area contributed by atoms with E-state index >= 15 is 0 Å². The molecule has 0 aromatic heterocycles. The van der Waals surface area contributed by atoms with Gasteiger partial charge in [0.2, 0.25) is 0 Å². The van der Waals surface area contributed by atoms with Crippen LogP contribution in [-0.2, 0) is 0 Å². The van der Waals surface area contributed by atoms with E-state index in [9.17, 15) is 0 Å². The van der Waals surface area contributed by atoms with Gasteiger partial charge in [0.1, 0.15) is 0 Å². The monoisotopic (exact) mass is 204 g/mol. The first-order valence-electron chi connectivity index (χ1n) is 5.77. The third kappa shape index (κ3) is 2.32. The molecule has 1 saturated heterocycles. The van der Waals surface area contributed by atoms with E-state index in [1.165, 1.54) is 18.7 Å². The van der Waals surface area contributed by atoms with Gasteiger partial charge in [0, 0.05) is 25.3 Å². The van der Waals surface area contributed by atoms with Gasteiger partial charge >= 0.3 is 0 Å². The van der Waals surface area contributed by atoms with Crippen LogP contribution in [0.5, 0.6) is 0 Å². The third-order valence-electron chi connectivity index (χ3n) is 3.45. The Morgan fingerprint density at radius 1 is 1.27 bits per heavy atom. The van der Waals surface area contributed by atoms with Crippen LogP contribution in [0.4, 0.5) is 5.69 Å². The molecule has 1 N–H and O–H groups in total. The van der Waals surface area contributed by atoms with Crippen LogP contribution in [0, 0.1) is 5.92 Å². The van der Waals surface area contributed by atoms with Crippen molar-refractivity contribution in [1.29, 1.82) is 0 Å². The highest BCUT2D eigenvalue weighted by molar-refractivity contribution is 5.46. The molecule has 1 fully saturated rings. The molecule has 82 valence electrons. The Morgan fingerprint density at radius 3 is 2.67 bits per heavy atom. The van der Waals surface area contributed by atoms with Crippen molar-refractivity contribution in [3.8, 4) is 0 Å². The fourth-order valence-electron chi connectivity index (χ4n) is 2.35. The smallest absolute Gasteiger partial charge is 0.0437 e. The van der Waals surface area contributed by atoms with Crippen molar-refractivity contribution >= 4 is 5.69 Å². The summed E-state index contributed by atoms with van der Waals surface area (Å²) >= 11 is 0. The summed E-state index contributed by atoms with van der Waals surface area (Å²) in [6.07, 6.45) is 1.28. The zero-order valence-corrected chi connectivity index (χ0v) is 9.61. The van der Waals surface area contributed by atoms with Crippen LogP contribution >= 0.6 is 0 Å². The van der Waals surface area contributed by atoms with Gasteiger partial charge in [-0.1, -0.05) is 25.1 Å². The maximum atomic E-state index is 3.47. The first kappa shape index (κ1) is 10.5. The lowest BCUT2D eigenvalue weighted by atomic mass is 9.93. The molecule has 0 bridgehead atoms. The molecule has 2 rings (SSSR count). The van der Waals surface area contributed by atoms with Gasteiger partial charge < -0.3 is 10.2 Å². The fraction of sp³-hybridized carbons (Fsp3) is 0.538. The summed E-state index contributed by atoms with van der Waals surface area (Å²) < 4.78 is 0. The van der Waals surface area contributed by atoms with Crippen molar-refractivity contribution in [3.05, 3.63) is 30.3 Å². The molecule has 0 saturated carbocycles. The van der Waals surface area contributed by atoms with Gasteiger partial charge in [0.25, 0.3) is 0 Å². The lowest BCUT2D eigenvalue weighted by Crippen LogP contribution is -2.49. The molecule has 0 aliphatic carbocycles. The number of hydrogen-bond donors (Lipinski definition) is 1. The Morgan fingerprint density at radius 2 is 2.00 bits per heavy atom. The van der Waals surface area contributed by atoms with E-state index in [0.717, 1.165) is 12.5 Å². The standard InChI is InChI=1S/C13H20N2/c1-11-8-9-14-10-13(11)15(2)12-6-4-3-5-7-12/h3-7,11,13-14H,8-10H2,1-2H3. The Balaban J connectivity index is 2.09. The third-order valence-corrected chi connectivity index (χ3v) is 3.45. The molecular weight excluding hydrogens is 184 g/mol. The normalized spacial score (nSPS) is 26.3. The number of para-hydroxylation sites is 1. The van der Waals surface area contributed by atoms with E-state index in [1.54, 1.807) is 0 Å². The second kappa shape index (κ2) is 4.67. The second-order valence-corrected chi connectivity index (χ2v) is 4.48. The molecule has 2 atom stereocenters. The maximum absolute atomic E-state index is 3.47. The van der Waals surface area contributed by atoms with Crippen molar-refractivity contribution in [2.45, 2.75) is 19.4 Å². The van der Waals surface area contributed by atoms with Crippen LogP contribution in [-0.4, -0.2) is 26.2 Å². The van der Waals surface area contributed by atoms with Gasteiger partial charge in [-0.2, -0.15) is 0 Å². The minimum atomic E-state index is 0.626. The van der Waals surface area contributed by atoms with Crippen LogP contribution < -0.4 is 10.2 Å². The lowest BCUT2D eigenvalue weighted by Gasteiger charge is -2.38. The number of piperidine rings is 1. The maximum Gasteiger partial charge on any atom is 0.0437 e. The van der Waals surface area contributed by atoms with Crippen molar-refractivity contribution in [1.82, 2.24) is 5.32 Å². The van der Waals surface area contributed by atoms with Crippen LogP contribution in [0.15, 0.2) is 30.3 Å². The predicted molar refractivity (Wildman–Crippen MR) is 65.3 cm³/mol. The van der Waals surface area contributed by atoms with Gasteiger partial charge in [-0.25, -0.2) is 0 Å². The van der Waals surface area contributed by atoms with E-state index in [1.807, 2.05) is 0 Å². The molecule has 1 aliphatic rings. The van der Waals surface area contributed by atoms with Crippen molar-refractivity contribution in [2.24, 2.45) is 5.92 Å². The van der Waals surface area contributed by atoms with E-state index in [-0.39, 0.29) is 0 Å². The topological polar surface area (TPSA) is 15.3 Å². The highest BCUT2D eigenvalue weighted by Crippen LogP contribution is 2.22. The van der Waals surface area contributed by atoms with Crippen LogP contribution in [0.1, 0.15) is 13.3 Å². The Kier molecular flexibility index (Phi) is 3.27. The summed E-state index contributed by atoms with van der Waals surface area (Å²) in [5.41, 5.74) is 1.32. The van der Waals surface area contributed by atoms with Crippen molar-refractivity contribution < 1.29 is 0 Å². The molecule has 1 aromatic rings. The molecule has 1 heterocycles. The summed E-state index contributed by atoms with van der Waals surface area (Å²) in [7, 11) is 2.20. The van der Waals surface area contributed by atoms with Crippen molar-refractivity contribution in [2.75, 3.05) is 25.0 Å². The largest absolute Gasteiger partial charge is 0.370 e. The van der Waals surface area contributed by atoms with Crippen LogP contribution in [0.25, 0.3) is 0 Å². The molecular formula is C13H20N2. The van der Waals surface area contributed by atoms with Crippen LogP contribution in [0.3, 0.4) is 0 Å². The van der Waals surface area contributed by atoms with Gasteiger partial charge in [0.05, 0.1) is 0 Å². The molecule has 2 unspecified atom stereocenters. The fourth-order valence-corrected chi connectivity index (χ4v) is 2.35. The van der Waals surface area contributed by atoms with Gasteiger partial charge in [-0.15, -0.1) is 0 Å². The molecule has 2 heteroatoms. The van der Waals surface area contributed by atoms with E-state index < -0.39 is 0 Å². The molecule has 15 heavy (non-hydrogen) atoms. The summed E-state index contributed by atoms with van der Waals surface area (Å²) in [6, 6.07) is 11.3. The average molecular weight is 204 g/mol. The molecule has 2 nitrogen and oxygen atoms in total. The number of rotatable bonds is 2. The number of benzene rings is 1. The average Bonchev–Trinajstić information content (AvgIpc) is 2.30. The Bertz CT molecular complexity index is 297. The quantitative estimate of drug-likeness (QED) is 0.794. The molecule has 0 radical (unpaired) electrons. The summed E-state index contributed by atoms with van der Waals surface area (Å²) in [5.74, 6) is 0.774. The highest BCUT2D eigenvalue weighted by Gasteiger charge is 2.24. The first-order chi connectivity index (χ1) is 7.29. The van der Waals surface area contributed by atoms with Crippen LogP contribution in [0.2, 0.25) is 0 Å². The zero-order chi connectivity index (χ0) is 10.7. The number of likely N-dealkylation sites (N-methyl/N-ethyl adjacent to an activating group) is 1. The summed E-state index contributed by atoms with van der Waals surface area (Å²) in [5, 5.41) is 3.47. The molecule has 0 amide bonds. The first-order valence-corrected chi connectivity index (χ1v) is 5.77. The van der Waals surface area contributed by atoms with Gasteiger partial charge in [-0.3, -0.25) is 0 Å². The SMILES string of the molecule is CC1CCNCC1N(C)c1ccccc1. The van der Waals surface area contributed by atoms with Gasteiger partial charge in [-0.05, 0) is 31.0 Å². The van der Waals surface area contributed by atoms with E-state index in [2.05, 4.69) is 54.5 Å². The number of hydrogen-bond acceptors (Lipinski definition) is 2. The second-order valence-electron chi connectivity index (χ2n) is 4.48. The lowest BCUT2D eigenvalue weighted by molar-refractivity contribution is 0.338. The molecule has 1 aromatic carbocycles. The zero-order valence-electron chi connectivity index (χ0n) is 9.61. The minimum absolute atomic E-state index is 0.626. The molecule has 0 spiro atoms. The number of nitrogens with one attached hydrogen (secondary N) is 1. The van der Waals surface area contributed by atoms with E-state index in [0.29, 0.717) is 6.04 Å². The Hall–Kier alpha value is -1.02. The van der Waals surface area contributed by atoms with E-state index in [4.69, 9.17) is 0 Å². The minimum Gasteiger partial charge on any atom is -0.370 e. The summed E-state index contributed by atoms with van der Waals surface area (Å²) in [4.78, 5) is 2.40. The van der Waals surface area contributed by atoms with Gasteiger partial charge in [0.15, 0.2) is 0 Å². The number of anilines is 1. The highest BCUT2D eigenvalue weighted by atomic mass is 15.2. The van der Waals surface area contributed by atoms with Crippen molar-refractivity contribution in [3.63, 3.8) is 0 Å². The Labute approximate surface area is 92.3 Å². The predicted octanol–water partition coefficient (Wildman–Crippen LogP) is 2.12. The molecule has 1 aliphatic heterocycles. The summed E-state index contributed by atoms with van der Waals surface area (Å²) in [6.45, 7) is 4.62. The number of nitrogens with zero attached hydrogens (tertiary/aromatic N) is 1.